The van der Waals surface area contributed by atoms with Gasteiger partial charge < -0.3 is 14.9 Å². The van der Waals surface area contributed by atoms with Crippen molar-refractivity contribution in [3.63, 3.8) is 0 Å². The van der Waals surface area contributed by atoms with Crippen LogP contribution in [-0.2, 0) is 10.7 Å². The summed E-state index contributed by atoms with van der Waals surface area (Å²) >= 11 is 0. The fraction of sp³-hybridized carbons (Fsp3) is 0.471. The van der Waals surface area contributed by atoms with Gasteiger partial charge in [0.1, 0.15) is 23.9 Å². The minimum atomic E-state index is -8.54. The number of carboxylic acids is 1. The lowest BCUT2D eigenvalue weighted by Crippen LogP contribution is -2.72. The zero-order valence-electron chi connectivity index (χ0n) is 17.9. The van der Waals surface area contributed by atoms with E-state index in [-0.39, 0.29) is 12.1 Å². The second kappa shape index (κ2) is 9.52. The van der Waals surface area contributed by atoms with Gasteiger partial charge in [-0.05, 0) is 12.1 Å². The van der Waals surface area contributed by atoms with Gasteiger partial charge in [0.2, 0.25) is 5.82 Å². The minimum Gasteiger partial charge on any atom is -0.480 e. The summed E-state index contributed by atoms with van der Waals surface area (Å²) in [6.07, 6.45) is -7.76. The second-order valence-corrected chi connectivity index (χ2v) is 7.43. The van der Waals surface area contributed by atoms with Gasteiger partial charge in [-0.3, -0.25) is 4.79 Å². The van der Waals surface area contributed by atoms with Crippen LogP contribution in [0, 0.1) is 11.6 Å². The Kier molecular flexibility index (Phi) is 7.77. The van der Waals surface area contributed by atoms with Crippen LogP contribution in [0.15, 0.2) is 16.7 Å². The highest BCUT2D eigenvalue weighted by Crippen LogP contribution is 2.63. The topological polar surface area (TPSA) is 88.2 Å². The molecule has 2 aromatic rings. The van der Waals surface area contributed by atoms with E-state index in [4.69, 9.17) is 5.11 Å². The summed E-state index contributed by atoms with van der Waals surface area (Å²) in [5, 5.41) is 12.1. The van der Waals surface area contributed by atoms with E-state index in [1.807, 2.05) is 5.16 Å². The number of halogens is 17. The number of anilines is 1. The molecule has 0 bridgehead atoms. The Bertz CT molecular complexity index is 1250. The Balaban J connectivity index is 2.55. The summed E-state index contributed by atoms with van der Waals surface area (Å²) < 4.78 is 232. The van der Waals surface area contributed by atoms with Gasteiger partial charge in [0, 0.05) is 5.56 Å². The molecule has 0 amide bonds. The Morgan fingerprint density at radius 3 is 1.60 bits per heavy atom. The molecule has 23 heteroatoms. The molecular formula is C17H6F17N3O3. The van der Waals surface area contributed by atoms with Crippen molar-refractivity contribution in [2.24, 2.45) is 0 Å². The van der Waals surface area contributed by atoms with E-state index < -0.39 is 88.8 Å². The molecule has 1 aromatic carbocycles. The Morgan fingerprint density at radius 1 is 0.750 bits per heavy atom. The molecule has 0 saturated carbocycles. The molecule has 0 saturated heterocycles. The van der Waals surface area contributed by atoms with Crippen LogP contribution in [0.4, 0.5) is 80.3 Å². The van der Waals surface area contributed by atoms with E-state index in [2.05, 4.69) is 9.51 Å². The van der Waals surface area contributed by atoms with Crippen molar-refractivity contribution < 1.29 is 89.1 Å². The first kappa shape index (κ1) is 32.7. The molecule has 1 heterocycles. The quantitative estimate of drug-likeness (QED) is 0.301. The fourth-order valence-corrected chi connectivity index (χ4v) is 2.60. The number of alkyl halides is 15. The molecule has 2 N–H and O–H groups in total. The Labute approximate surface area is 206 Å². The van der Waals surface area contributed by atoms with Crippen LogP contribution < -0.4 is 5.32 Å². The average molecular weight is 623 g/mol. The molecule has 0 aliphatic rings. The number of aliphatic carboxylic acids is 1. The molecule has 0 fully saturated rings. The van der Waals surface area contributed by atoms with Gasteiger partial charge in [-0.25, -0.2) is 8.78 Å². The number of hydrogen-bond donors (Lipinski definition) is 2. The lowest BCUT2D eigenvalue weighted by Gasteiger charge is -2.40. The van der Waals surface area contributed by atoms with Crippen LogP contribution >= 0.6 is 0 Å². The maximum Gasteiger partial charge on any atom is 0.460 e. The summed E-state index contributed by atoms with van der Waals surface area (Å²) in [4.78, 5) is 12.7. The van der Waals surface area contributed by atoms with Gasteiger partial charge >= 0.3 is 47.7 Å². The smallest absolute Gasteiger partial charge is 0.460 e. The molecule has 40 heavy (non-hydrogen) atoms. The fourth-order valence-electron chi connectivity index (χ4n) is 2.60. The van der Waals surface area contributed by atoms with Crippen molar-refractivity contribution in [3.05, 3.63) is 29.6 Å². The van der Waals surface area contributed by atoms with Crippen LogP contribution in [0.1, 0.15) is 5.82 Å². The van der Waals surface area contributed by atoms with Gasteiger partial charge in [0.15, 0.2) is 0 Å². The van der Waals surface area contributed by atoms with Crippen LogP contribution in [0.2, 0.25) is 0 Å². The molecule has 0 atom stereocenters. The van der Waals surface area contributed by atoms with Crippen LogP contribution in [-0.4, -0.2) is 63.6 Å². The summed E-state index contributed by atoms with van der Waals surface area (Å²) in [6.45, 7) is -1.09. The average Bonchev–Trinajstić information content (AvgIpc) is 3.28. The molecule has 1 aromatic heterocycles. The van der Waals surface area contributed by atoms with Gasteiger partial charge in [-0.1, -0.05) is 5.16 Å². The van der Waals surface area contributed by atoms with Crippen LogP contribution in [0.25, 0.3) is 11.5 Å². The third-order valence-corrected chi connectivity index (χ3v) is 4.74. The molecule has 0 radical (unpaired) electrons. The SMILES string of the molecule is O=C(O)CNc1c(F)cc(-c2nc(C(F)(F)C(F)(F)C(F)(F)C(F)(F)C(F)(F)C(F)(F)C(F)(F)F)no2)cc1F. The predicted molar refractivity (Wildman–Crippen MR) is 90.5 cm³/mol. The maximum absolute atomic E-state index is 14.2. The maximum atomic E-state index is 14.2. The second-order valence-electron chi connectivity index (χ2n) is 7.43. The van der Waals surface area contributed by atoms with Crippen LogP contribution in [0.5, 0.6) is 0 Å². The van der Waals surface area contributed by atoms with Gasteiger partial charge in [-0.2, -0.15) is 70.8 Å². The molecule has 0 aliphatic carbocycles. The number of carbonyl (C=O) groups is 1. The van der Waals surface area contributed by atoms with E-state index in [0.29, 0.717) is 0 Å². The van der Waals surface area contributed by atoms with Crippen molar-refractivity contribution in [2.45, 2.75) is 41.7 Å². The van der Waals surface area contributed by atoms with Gasteiger partial charge in [-0.15, -0.1) is 0 Å². The molecule has 226 valence electrons. The molecular weight excluding hydrogens is 617 g/mol. The van der Waals surface area contributed by atoms with Crippen molar-refractivity contribution >= 4 is 11.7 Å². The summed E-state index contributed by atoms with van der Waals surface area (Å²) in [5.41, 5.74) is -2.36. The first-order valence-electron chi connectivity index (χ1n) is 9.31. The molecule has 0 aliphatic heterocycles. The highest BCUT2D eigenvalue weighted by molar-refractivity contribution is 5.73. The zero-order valence-corrected chi connectivity index (χ0v) is 17.9. The lowest BCUT2D eigenvalue weighted by atomic mass is 9.91. The summed E-state index contributed by atoms with van der Waals surface area (Å²) in [7, 11) is 0. The lowest BCUT2D eigenvalue weighted by molar-refractivity contribution is -0.454. The number of rotatable bonds is 10. The molecule has 6 nitrogen and oxygen atoms in total. The highest BCUT2D eigenvalue weighted by atomic mass is 19.4. The molecule has 2 rings (SSSR count). The molecule has 0 unspecified atom stereocenters. The van der Waals surface area contributed by atoms with Gasteiger partial charge in [0.05, 0.1) is 0 Å². The minimum absolute atomic E-state index is 0.0728. The normalized spacial score (nSPS) is 14.4. The Hall–Kier alpha value is -3.56. The zero-order chi connectivity index (χ0) is 31.5. The number of benzene rings is 1. The predicted octanol–water partition coefficient (Wildman–Crippen LogP) is 6.34. The van der Waals surface area contributed by atoms with E-state index >= 15 is 0 Å². The van der Waals surface area contributed by atoms with E-state index in [1.165, 1.54) is 0 Å². The highest BCUT2D eigenvalue weighted by Gasteiger charge is 2.93. The standard InChI is InChI=1S/C17H6F17N3O3/c18-5-1-4(2-6(19)8(5)35-3-7(38)39)9-36-10(37-40-9)11(20,21)12(22,23)13(24,25)14(26,27)15(28,29)16(30,31)17(32,33)34/h1-2,35H,3H2,(H,38,39). The number of nitrogens with one attached hydrogen (secondary N) is 1. The summed E-state index contributed by atoms with van der Waals surface area (Å²) in [5.74, 6) is -58.5. The molecule has 0 spiro atoms. The third kappa shape index (κ3) is 4.71. The van der Waals surface area contributed by atoms with E-state index in [0.717, 1.165) is 0 Å². The van der Waals surface area contributed by atoms with E-state index in [1.54, 1.807) is 5.32 Å². The number of carboxylic acid groups (broad SMARTS) is 1. The monoisotopic (exact) mass is 623 g/mol. The Morgan fingerprint density at radius 2 is 1.18 bits per heavy atom. The first-order valence-corrected chi connectivity index (χ1v) is 9.31. The number of aromatic nitrogens is 2. The third-order valence-electron chi connectivity index (χ3n) is 4.74. The number of hydrogen-bond acceptors (Lipinski definition) is 5. The van der Waals surface area contributed by atoms with Crippen molar-refractivity contribution in [2.75, 3.05) is 11.9 Å². The first-order chi connectivity index (χ1) is 17.7. The van der Waals surface area contributed by atoms with Crippen molar-refractivity contribution in [1.29, 1.82) is 0 Å². The number of nitrogens with zero attached hydrogens (tertiary/aromatic N) is 2. The van der Waals surface area contributed by atoms with Gasteiger partial charge in [0.25, 0.3) is 5.89 Å². The van der Waals surface area contributed by atoms with Crippen molar-refractivity contribution in [3.8, 4) is 11.5 Å². The van der Waals surface area contributed by atoms with E-state index in [9.17, 15) is 79.4 Å². The summed E-state index contributed by atoms with van der Waals surface area (Å²) in [6, 6.07) is 0.146. The van der Waals surface area contributed by atoms with Crippen LogP contribution in [0.3, 0.4) is 0 Å². The largest absolute Gasteiger partial charge is 0.480 e. The van der Waals surface area contributed by atoms with Crippen molar-refractivity contribution in [1.82, 2.24) is 10.1 Å².